The second-order valence-electron chi connectivity index (χ2n) is 5.47. The van der Waals surface area contributed by atoms with E-state index < -0.39 is 32.1 Å². The van der Waals surface area contributed by atoms with Gasteiger partial charge in [0.15, 0.2) is 17.7 Å². The monoisotopic (exact) mass is 359 g/mol. The van der Waals surface area contributed by atoms with Crippen LogP contribution in [0.3, 0.4) is 0 Å². The van der Waals surface area contributed by atoms with Crippen molar-refractivity contribution in [3.05, 3.63) is 12.7 Å². The fraction of sp³-hybridized carbons (Fsp3) is 0.583. The van der Waals surface area contributed by atoms with Crippen LogP contribution in [-0.4, -0.2) is 68.2 Å². The van der Waals surface area contributed by atoms with E-state index in [9.17, 15) is 14.6 Å². The topological polar surface area (TPSA) is 155 Å². The molecule has 2 unspecified atom stereocenters. The minimum absolute atomic E-state index is 0.0714. The van der Waals surface area contributed by atoms with Crippen LogP contribution in [-0.2, 0) is 18.6 Å². The largest absolute Gasteiger partial charge is 0.386 e. The summed E-state index contributed by atoms with van der Waals surface area (Å²) >= 11 is 0. The zero-order chi connectivity index (χ0) is 17.5. The molecule has 12 heteroatoms. The minimum Gasteiger partial charge on any atom is -0.386 e. The van der Waals surface area contributed by atoms with E-state index in [0.29, 0.717) is 11.2 Å². The van der Waals surface area contributed by atoms with Crippen LogP contribution in [0.15, 0.2) is 12.7 Å². The van der Waals surface area contributed by atoms with Crippen molar-refractivity contribution >= 4 is 24.6 Å². The van der Waals surface area contributed by atoms with E-state index in [1.165, 1.54) is 24.3 Å². The predicted octanol–water partition coefficient (Wildman–Crippen LogP) is -0.486. The molecule has 3 rings (SSSR count). The second-order valence-corrected chi connectivity index (χ2v) is 7.28. The number of nitrogens with two attached hydrogens (primary N) is 1. The van der Waals surface area contributed by atoms with Gasteiger partial charge in [-0.15, -0.1) is 0 Å². The van der Waals surface area contributed by atoms with Crippen molar-refractivity contribution in [2.24, 2.45) is 0 Å². The van der Waals surface area contributed by atoms with Crippen LogP contribution in [0.2, 0.25) is 0 Å². The van der Waals surface area contributed by atoms with Gasteiger partial charge in [-0.3, -0.25) is 13.7 Å². The molecule has 0 aromatic carbocycles. The van der Waals surface area contributed by atoms with Crippen molar-refractivity contribution in [3.8, 4) is 0 Å². The number of methoxy groups -OCH3 is 1. The number of hydrogen-bond donors (Lipinski definition) is 3. The molecule has 11 nitrogen and oxygen atoms in total. The lowest BCUT2D eigenvalue weighted by Crippen LogP contribution is -2.35. The summed E-state index contributed by atoms with van der Waals surface area (Å²) in [6.45, 7) is 1.11. The number of nitrogens with zero attached hydrogens (tertiary/aromatic N) is 4. The van der Waals surface area contributed by atoms with Gasteiger partial charge in [0.2, 0.25) is 0 Å². The first-order valence-electron chi connectivity index (χ1n) is 7.06. The smallest absolute Gasteiger partial charge is 0.325 e. The Bertz CT molecular complexity index is 778. The number of imidazole rings is 1. The van der Waals surface area contributed by atoms with Crippen molar-refractivity contribution in [1.29, 1.82) is 0 Å². The molecule has 0 saturated carbocycles. The van der Waals surface area contributed by atoms with E-state index >= 15 is 0 Å². The fourth-order valence-electron chi connectivity index (χ4n) is 2.66. The van der Waals surface area contributed by atoms with E-state index in [-0.39, 0.29) is 12.4 Å². The van der Waals surface area contributed by atoms with Crippen LogP contribution in [0.5, 0.6) is 0 Å². The van der Waals surface area contributed by atoms with Crippen LogP contribution >= 0.6 is 7.60 Å². The van der Waals surface area contributed by atoms with Crippen molar-refractivity contribution in [2.45, 2.75) is 24.5 Å². The zero-order valence-corrected chi connectivity index (χ0v) is 13.9. The number of fused-ring (bicyclic) bond motifs is 1. The van der Waals surface area contributed by atoms with Crippen LogP contribution in [0.4, 0.5) is 5.82 Å². The van der Waals surface area contributed by atoms with Gasteiger partial charge < -0.3 is 25.2 Å². The highest BCUT2D eigenvalue weighted by Gasteiger charge is 2.48. The molecule has 132 valence electrons. The van der Waals surface area contributed by atoms with E-state index in [1.807, 2.05) is 0 Å². The maximum absolute atomic E-state index is 11.6. The average molecular weight is 359 g/mol. The number of ether oxygens (including phenoxy) is 2. The quantitative estimate of drug-likeness (QED) is 0.596. The van der Waals surface area contributed by atoms with Gasteiger partial charge in [-0.25, -0.2) is 15.0 Å². The molecule has 3 heterocycles. The van der Waals surface area contributed by atoms with E-state index in [2.05, 4.69) is 15.0 Å². The van der Waals surface area contributed by atoms with Gasteiger partial charge in [0.25, 0.3) is 0 Å². The summed E-state index contributed by atoms with van der Waals surface area (Å²) in [6, 6.07) is 0. The van der Waals surface area contributed by atoms with Crippen LogP contribution in [0, 0.1) is 0 Å². The normalized spacial score (nSPS) is 29.8. The Hall–Kier alpha value is -1.62. The molecule has 0 bridgehead atoms. The maximum atomic E-state index is 11.6. The standard InChI is InChI=1S/C12H18N5O6P/c1-21-3-6-9(23-24(2,19)20)8(18)12(22-6)17-5-16-7-10(13)14-4-15-11(7)17/h4-6,8-9,12,18H,3H2,1-2H3,(H,19,20)(H2,13,14,15)/t6-,8?,9?,12-/m1/s1. The third-order valence-electron chi connectivity index (χ3n) is 3.62. The van der Waals surface area contributed by atoms with Gasteiger partial charge in [0.05, 0.1) is 12.9 Å². The minimum atomic E-state index is -3.84. The summed E-state index contributed by atoms with van der Waals surface area (Å²) in [5.74, 6) is 0.195. The Kier molecular flexibility index (Phi) is 4.56. The first-order chi connectivity index (χ1) is 11.3. The third-order valence-corrected chi connectivity index (χ3v) is 4.25. The summed E-state index contributed by atoms with van der Waals surface area (Å²) in [4.78, 5) is 21.5. The second kappa shape index (κ2) is 6.36. The summed E-state index contributed by atoms with van der Waals surface area (Å²) in [5, 5.41) is 10.5. The molecule has 1 aliphatic rings. The summed E-state index contributed by atoms with van der Waals surface area (Å²) < 4.78 is 29.0. The molecule has 0 amide bonds. The molecular formula is C12H18N5O6P. The SMILES string of the molecule is COC[C@H]1O[C@@H](n2cnc3c(N)ncnc32)C(O)C1O[P@@](C)(=O)O. The Balaban J connectivity index is 1.95. The summed E-state index contributed by atoms with van der Waals surface area (Å²) in [5.41, 5.74) is 6.48. The molecule has 2 aromatic rings. The molecule has 1 aliphatic heterocycles. The van der Waals surface area contributed by atoms with Crippen molar-refractivity contribution in [3.63, 3.8) is 0 Å². The summed E-state index contributed by atoms with van der Waals surface area (Å²) in [6.07, 6.45) is -1.29. The van der Waals surface area contributed by atoms with Gasteiger partial charge in [-0.05, 0) is 0 Å². The van der Waals surface area contributed by atoms with Gasteiger partial charge in [0, 0.05) is 13.8 Å². The highest BCUT2D eigenvalue weighted by Crippen LogP contribution is 2.44. The van der Waals surface area contributed by atoms with E-state index in [0.717, 1.165) is 6.66 Å². The third kappa shape index (κ3) is 3.14. The Labute approximate surface area is 136 Å². The van der Waals surface area contributed by atoms with Crippen molar-refractivity contribution in [1.82, 2.24) is 19.5 Å². The lowest BCUT2D eigenvalue weighted by Gasteiger charge is -2.21. The predicted molar refractivity (Wildman–Crippen MR) is 82.2 cm³/mol. The molecule has 0 spiro atoms. The highest BCUT2D eigenvalue weighted by atomic mass is 31.2. The fourth-order valence-corrected chi connectivity index (χ4v) is 3.37. The number of nitrogen functional groups attached to an aromatic ring is 1. The van der Waals surface area contributed by atoms with E-state index in [4.69, 9.17) is 19.7 Å². The Morgan fingerprint density at radius 1 is 1.46 bits per heavy atom. The van der Waals surface area contributed by atoms with Gasteiger partial charge >= 0.3 is 7.60 Å². The number of aromatic nitrogens is 4. The molecule has 2 aromatic heterocycles. The lowest BCUT2D eigenvalue weighted by molar-refractivity contribution is -0.0571. The van der Waals surface area contributed by atoms with Crippen LogP contribution < -0.4 is 5.73 Å². The molecule has 0 aliphatic carbocycles. The molecule has 0 radical (unpaired) electrons. The number of anilines is 1. The average Bonchev–Trinajstić information content (AvgIpc) is 3.03. The van der Waals surface area contributed by atoms with E-state index in [1.54, 1.807) is 0 Å². The van der Waals surface area contributed by atoms with Gasteiger partial charge in [0.1, 0.15) is 30.2 Å². The molecule has 4 N–H and O–H groups in total. The zero-order valence-electron chi connectivity index (χ0n) is 13.0. The first kappa shape index (κ1) is 17.2. The lowest BCUT2D eigenvalue weighted by atomic mass is 10.1. The molecule has 5 atom stereocenters. The summed E-state index contributed by atoms with van der Waals surface area (Å²) in [7, 11) is -2.39. The first-order valence-corrected chi connectivity index (χ1v) is 9.08. The van der Waals surface area contributed by atoms with Crippen molar-refractivity contribution in [2.75, 3.05) is 26.1 Å². The molecule has 1 saturated heterocycles. The van der Waals surface area contributed by atoms with Gasteiger partial charge in [-0.1, -0.05) is 0 Å². The maximum Gasteiger partial charge on any atom is 0.325 e. The van der Waals surface area contributed by atoms with Gasteiger partial charge in [-0.2, -0.15) is 0 Å². The number of rotatable bonds is 5. The number of aliphatic hydroxyl groups excluding tert-OH is 1. The van der Waals surface area contributed by atoms with Crippen LogP contribution in [0.1, 0.15) is 6.23 Å². The highest BCUT2D eigenvalue weighted by molar-refractivity contribution is 7.51. The van der Waals surface area contributed by atoms with Crippen molar-refractivity contribution < 1.29 is 28.6 Å². The molecule has 1 fully saturated rings. The Morgan fingerprint density at radius 2 is 2.21 bits per heavy atom. The molecular weight excluding hydrogens is 341 g/mol. The number of hydrogen-bond acceptors (Lipinski definition) is 9. The Morgan fingerprint density at radius 3 is 2.88 bits per heavy atom. The number of aliphatic hydroxyl groups is 1. The molecule has 24 heavy (non-hydrogen) atoms. The van der Waals surface area contributed by atoms with Crippen LogP contribution in [0.25, 0.3) is 11.2 Å².